The summed E-state index contributed by atoms with van der Waals surface area (Å²) in [5, 5.41) is 13.9. The molecule has 5 heteroatoms. The molecule has 2 N–H and O–H groups in total. The van der Waals surface area contributed by atoms with E-state index in [4.69, 9.17) is 0 Å². The largest absolute Gasteiger partial charge is 0.383 e. The minimum absolute atomic E-state index is 0.0418. The molecule has 0 saturated carbocycles. The molecule has 1 amide bonds. The van der Waals surface area contributed by atoms with E-state index >= 15 is 0 Å². The van der Waals surface area contributed by atoms with Crippen molar-refractivity contribution in [2.24, 2.45) is 0 Å². The van der Waals surface area contributed by atoms with Crippen molar-refractivity contribution in [3.63, 3.8) is 0 Å². The second kappa shape index (κ2) is 7.40. The van der Waals surface area contributed by atoms with Crippen molar-refractivity contribution >= 4 is 5.91 Å². The van der Waals surface area contributed by atoms with E-state index in [2.05, 4.69) is 30.2 Å². The van der Waals surface area contributed by atoms with Crippen LogP contribution < -0.4 is 5.32 Å². The van der Waals surface area contributed by atoms with Gasteiger partial charge in [-0.25, -0.2) is 4.98 Å². The SMILES string of the molecule is CC(C)c1nccn1CCC(=O)NC[C@@]1(O)CCCc2ccccc21. The molecule has 1 aliphatic carbocycles. The second-order valence-electron chi connectivity index (χ2n) is 7.20. The highest BCUT2D eigenvalue weighted by molar-refractivity contribution is 5.75. The van der Waals surface area contributed by atoms with Crippen LogP contribution in [0.25, 0.3) is 0 Å². The third-order valence-electron chi connectivity index (χ3n) is 4.98. The highest BCUT2D eigenvalue weighted by Crippen LogP contribution is 2.34. The van der Waals surface area contributed by atoms with Crippen LogP contribution in [0, 0.1) is 0 Å². The summed E-state index contributed by atoms with van der Waals surface area (Å²) in [6.07, 6.45) is 6.68. The van der Waals surface area contributed by atoms with Crippen LogP contribution in [-0.2, 0) is 23.4 Å². The van der Waals surface area contributed by atoms with E-state index < -0.39 is 5.60 Å². The van der Waals surface area contributed by atoms with E-state index in [1.165, 1.54) is 5.56 Å². The van der Waals surface area contributed by atoms with E-state index in [1.54, 1.807) is 6.20 Å². The van der Waals surface area contributed by atoms with Crippen LogP contribution in [0.5, 0.6) is 0 Å². The molecule has 1 aliphatic rings. The molecule has 3 rings (SSSR count). The number of nitrogens with one attached hydrogen (secondary N) is 1. The Kier molecular flexibility index (Phi) is 5.23. The molecule has 0 unspecified atom stereocenters. The molecule has 0 spiro atoms. The summed E-state index contributed by atoms with van der Waals surface area (Å²) in [5.74, 6) is 1.28. The molecular weight excluding hydrogens is 314 g/mol. The first kappa shape index (κ1) is 17.7. The lowest BCUT2D eigenvalue weighted by Crippen LogP contribution is -2.43. The van der Waals surface area contributed by atoms with Crippen LogP contribution in [0.3, 0.4) is 0 Å². The number of fused-ring (bicyclic) bond motifs is 1. The van der Waals surface area contributed by atoms with Crippen molar-refractivity contribution in [1.82, 2.24) is 14.9 Å². The Hall–Kier alpha value is -2.14. The maximum Gasteiger partial charge on any atom is 0.221 e. The van der Waals surface area contributed by atoms with Gasteiger partial charge in [0.05, 0.1) is 6.54 Å². The molecule has 0 saturated heterocycles. The van der Waals surface area contributed by atoms with Gasteiger partial charge in [0.2, 0.25) is 5.91 Å². The van der Waals surface area contributed by atoms with Gasteiger partial charge in [-0.2, -0.15) is 0 Å². The average Bonchev–Trinajstić information content (AvgIpc) is 3.08. The van der Waals surface area contributed by atoms with Gasteiger partial charge in [-0.3, -0.25) is 4.79 Å². The average molecular weight is 341 g/mol. The van der Waals surface area contributed by atoms with Crippen LogP contribution >= 0.6 is 0 Å². The van der Waals surface area contributed by atoms with Gasteiger partial charge >= 0.3 is 0 Å². The Morgan fingerprint density at radius 1 is 1.40 bits per heavy atom. The molecule has 0 fully saturated rings. The third-order valence-corrected chi connectivity index (χ3v) is 4.98. The topological polar surface area (TPSA) is 67.2 Å². The lowest BCUT2D eigenvalue weighted by Gasteiger charge is -2.34. The first-order valence-corrected chi connectivity index (χ1v) is 9.08. The number of rotatable bonds is 6. The predicted octanol–water partition coefficient (Wildman–Crippen LogP) is 2.74. The monoisotopic (exact) mass is 341 g/mol. The lowest BCUT2D eigenvalue weighted by atomic mass is 9.79. The molecule has 0 bridgehead atoms. The van der Waals surface area contributed by atoms with Crippen molar-refractivity contribution < 1.29 is 9.90 Å². The molecule has 1 aromatic heterocycles. The molecule has 1 aromatic carbocycles. The van der Waals surface area contributed by atoms with E-state index in [0.29, 0.717) is 25.3 Å². The minimum Gasteiger partial charge on any atom is -0.383 e. The van der Waals surface area contributed by atoms with E-state index in [9.17, 15) is 9.90 Å². The number of amides is 1. The van der Waals surface area contributed by atoms with Gasteiger partial charge < -0.3 is 15.0 Å². The molecule has 25 heavy (non-hydrogen) atoms. The van der Waals surface area contributed by atoms with Crippen molar-refractivity contribution in [1.29, 1.82) is 0 Å². The Morgan fingerprint density at radius 2 is 2.20 bits per heavy atom. The fourth-order valence-corrected chi connectivity index (χ4v) is 3.65. The van der Waals surface area contributed by atoms with Gasteiger partial charge in [-0.05, 0) is 30.4 Å². The Balaban J connectivity index is 1.57. The molecule has 5 nitrogen and oxygen atoms in total. The Bertz CT molecular complexity index is 738. The van der Waals surface area contributed by atoms with Gasteiger partial charge in [0.1, 0.15) is 11.4 Å². The number of aromatic nitrogens is 2. The fourth-order valence-electron chi connectivity index (χ4n) is 3.65. The van der Waals surface area contributed by atoms with Crippen molar-refractivity contribution in [2.45, 2.75) is 57.6 Å². The molecule has 1 heterocycles. The minimum atomic E-state index is -0.956. The molecule has 134 valence electrons. The van der Waals surface area contributed by atoms with E-state index in [-0.39, 0.29) is 12.5 Å². The highest BCUT2D eigenvalue weighted by atomic mass is 16.3. The maximum absolute atomic E-state index is 12.3. The summed E-state index contributed by atoms with van der Waals surface area (Å²) in [6.45, 7) is 5.06. The van der Waals surface area contributed by atoms with Crippen LogP contribution in [-0.4, -0.2) is 27.1 Å². The summed E-state index contributed by atoms with van der Waals surface area (Å²) >= 11 is 0. The number of hydrogen-bond donors (Lipinski definition) is 2. The number of benzene rings is 1. The standard InChI is InChI=1S/C20H27N3O2/c1-15(2)19-21-11-13-23(19)12-9-18(24)22-14-20(25)10-5-7-16-6-3-4-8-17(16)20/h3-4,6,8,11,13,15,25H,5,7,9-10,12,14H2,1-2H3,(H,22,24)/t20-/m0/s1. The van der Waals surface area contributed by atoms with Crippen molar-refractivity contribution in [3.8, 4) is 0 Å². The van der Waals surface area contributed by atoms with Crippen molar-refractivity contribution in [2.75, 3.05) is 6.54 Å². The maximum atomic E-state index is 12.3. The summed E-state index contributed by atoms with van der Waals surface area (Å²) in [4.78, 5) is 16.6. The van der Waals surface area contributed by atoms with E-state index in [0.717, 1.165) is 24.2 Å². The van der Waals surface area contributed by atoms with Gasteiger partial charge in [0, 0.05) is 31.3 Å². The number of carbonyl (C=O) groups is 1. The van der Waals surface area contributed by atoms with Crippen LogP contribution in [0.2, 0.25) is 0 Å². The number of carbonyl (C=O) groups excluding carboxylic acids is 1. The zero-order valence-corrected chi connectivity index (χ0v) is 15.0. The molecule has 1 atom stereocenters. The van der Waals surface area contributed by atoms with Crippen molar-refractivity contribution in [3.05, 3.63) is 53.6 Å². The molecule has 0 aliphatic heterocycles. The summed E-state index contributed by atoms with van der Waals surface area (Å²) in [5.41, 5.74) is 1.19. The van der Waals surface area contributed by atoms with Gasteiger partial charge in [-0.1, -0.05) is 38.1 Å². The van der Waals surface area contributed by atoms with Crippen LogP contribution in [0.4, 0.5) is 0 Å². The predicted molar refractivity (Wildman–Crippen MR) is 97.2 cm³/mol. The normalized spacial score (nSPS) is 19.7. The molecular formula is C20H27N3O2. The number of aliphatic hydroxyl groups is 1. The number of aryl methyl sites for hydroxylation is 2. The van der Waals surface area contributed by atoms with Crippen LogP contribution in [0.15, 0.2) is 36.7 Å². The van der Waals surface area contributed by atoms with Gasteiger partial charge in [0.15, 0.2) is 0 Å². The number of nitrogens with zero attached hydrogens (tertiary/aromatic N) is 2. The summed E-state index contributed by atoms with van der Waals surface area (Å²) in [6, 6.07) is 7.98. The van der Waals surface area contributed by atoms with Gasteiger partial charge in [-0.15, -0.1) is 0 Å². The molecule has 2 aromatic rings. The fraction of sp³-hybridized carbons (Fsp3) is 0.500. The Morgan fingerprint density at radius 3 is 3.00 bits per heavy atom. The van der Waals surface area contributed by atoms with Gasteiger partial charge in [0.25, 0.3) is 0 Å². The molecule has 0 radical (unpaired) electrons. The summed E-state index contributed by atoms with van der Waals surface area (Å²) < 4.78 is 2.02. The Labute approximate surface area is 149 Å². The zero-order chi connectivity index (χ0) is 17.9. The highest BCUT2D eigenvalue weighted by Gasteiger charge is 2.34. The first-order chi connectivity index (χ1) is 12.0. The smallest absolute Gasteiger partial charge is 0.221 e. The number of hydrogen-bond acceptors (Lipinski definition) is 3. The third kappa shape index (κ3) is 3.93. The second-order valence-corrected chi connectivity index (χ2v) is 7.20. The van der Waals surface area contributed by atoms with Crippen LogP contribution in [0.1, 0.15) is 56.0 Å². The lowest BCUT2D eigenvalue weighted by molar-refractivity contribution is -0.122. The van der Waals surface area contributed by atoms with E-state index in [1.807, 2.05) is 29.0 Å². The number of imidazole rings is 1. The first-order valence-electron chi connectivity index (χ1n) is 9.08. The summed E-state index contributed by atoms with van der Waals surface area (Å²) in [7, 11) is 0. The quantitative estimate of drug-likeness (QED) is 0.849. The zero-order valence-electron chi connectivity index (χ0n) is 15.0.